The highest BCUT2D eigenvalue weighted by atomic mass is 19.3. The smallest absolute Gasteiger partial charge is 0.387 e. The number of fused-ring (bicyclic) bond motifs is 4. The van der Waals surface area contributed by atoms with E-state index in [0.717, 1.165) is 32.5 Å². The van der Waals surface area contributed by atoms with Gasteiger partial charge in [0.1, 0.15) is 5.75 Å². The number of aromatic amines is 1. The van der Waals surface area contributed by atoms with Crippen molar-refractivity contribution in [3.8, 4) is 5.75 Å². The average molecular weight is 396 g/mol. The Labute approximate surface area is 160 Å². The molecule has 0 saturated carbocycles. The third kappa shape index (κ3) is 4.06. The van der Waals surface area contributed by atoms with Crippen molar-refractivity contribution in [2.75, 3.05) is 26.7 Å². The Bertz CT molecular complexity index is 836. The van der Waals surface area contributed by atoms with Gasteiger partial charge in [-0.2, -0.15) is 13.9 Å². The van der Waals surface area contributed by atoms with Crippen molar-refractivity contribution in [2.24, 2.45) is 5.92 Å². The topological polar surface area (TPSA) is 98.8 Å². The minimum Gasteiger partial charge on any atom is -0.483 e. The molecule has 1 atom stereocenters. The minimum atomic E-state index is -2.90. The molecule has 1 unspecified atom stereocenters. The summed E-state index contributed by atoms with van der Waals surface area (Å²) in [5, 5.41) is 14.3. The molecule has 1 aromatic carbocycles. The maximum Gasteiger partial charge on any atom is 0.387 e. The number of alkyl halides is 2. The lowest BCUT2D eigenvalue weighted by Gasteiger charge is -2.47. The number of hydrogen-bond acceptors (Lipinski definition) is 5. The molecule has 4 heterocycles. The van der Waals surface area contributed by atoms with Crippen molar-refractivity contribution in [1.82, 2.24) is 20.0 Å². The second-order valence-electron chi connectivity index (χ2n) is 6.88. The second-order valence-corrected chi connectivity index (χ2v) is 6.88. The molecule has 1 amide bonds. The van der Waals surface area contributed by atoms with Gasteiger partial charge in [-0.25, -0.2) is 0 Å². The van der Waals surface area contributed by atoms with Crippen LogP contribution in [0.3, 0.4) is 0 Å². The molecule has 2 aromatic rings. The van der Waals surface area contributed by atoms with Crippen LogP contribution in [0.4, 0.5) is 8.78 Å². The molecule has 3 aliphatic heterocycles. The standard InChI is InChI=1S/C17H20F2N4O2.CH2O2/c1-22(14-9-23-6-4-10(14)5-7-23)16(24)15-12-8-11(25-17(18)19)2-3-13(12)20-21-15;2-1-3/h2-3,8,10,14,17H,4-7,9H2,1H3,(H,20,21);1H,(H,2,3). The van der Waals surface area contributed by atoms with Crippen LogP contribution in [-0.4, -0.2) is 76.8 Å². The fraction of sp³-hybridized carbons (Fsp3) is 0.500. The minimum absolute atomic E-state index is 0.0171. The molecule has 0 radical (unpaired) electrons. The number of benzene rings is 1. The summed E-state index contributed by atoms with van der Waals surface area (Å²) in [6.07, 6.45) is 2.21. The van der Waals surface area contributed by atoms with E-state index in [4.69, 9.17) is 9.90 Å². The van der Waals surface area contributed by atoms with Crippen molar-refractivity contribution in [3.63, 3.8) is 0 Å². The number of nitrogens with zero attached hydrogens (tertiary/aromatic N) is 3. The maximum absolute atomic E-state index is 13.0. The molecule has 0 aliphatic carbocycles. The van der Waals surface area contributed by atoms with Crippen molar-refractivity contribution in [2.45, 2.75) is 25.5 Å². The first-order chi connectivity index (χ1) is 13.4. The van der Waals surface area contributed by atoms with E-state index in [1.165, 1.54) is 12.1 Å². The van der Waals surface area contributed by atoms with Gasteiger partial charge < -0.3 is 19.6 Å². The fourth-order valence-corrected chi connectivity index (χ4v) is 4.02. The zero-order valence-electron chi connectivity index (χ0n) is 15.3. The van der Waals surface area contributed by atoms with E-state index in [9.17, 15) is 13.6 Å². The maximum atomic E-state index is 13.0. The van der Waals surface area contributed by atoms with Crippen LogP contribution in [0.1, 0.15) is 23.3 Å². The molecule has 3 saturated heterocycles. The lowest BCUT2D eigenvalue weighted by atomic mass is 9.83. The molecule has 1 aromatic heterocycles. The molecule has 8 nitrogen and oxygen atoms in total. The highest BCUT2D eigenvalue weighted by Gasteiger charge is 2.38. The highest BCUT2D eigenvalue weighted by Crippen LogP contribution is 2.32. The molecular weight excluding hydrogens is 374 g/mol. The summed E-state index contributed by atoms with van der Waals surface area (Å²) in [4.78, 5) is 25.5. The van der Waals surface area contributed by atoms with E-state index >= 15 is 0 Å². The molecule has 0 spiro atoms. The number of piperidine rings is 3. The first kappa shape index (κ1) is 20.0. The van der Waals surface area contributed by atoms with Gasteiger partial charge in [0.05, 0.1) is 5.52 Å². The van der Waals surface area contributed by atoms with Crippen LogP contribution >= 0.6 is 0 Å². The number of halogens is 2. The van der Waals surface area contributed by atoms with Gasteiger partial charge in [0, 0.05) is 25.0 Å². The van der Waals surface area contributed by atoms with E-state index in [1.807, 2.05) is 0 Å². The third-order valence-corrected chi connectivity index (χ3v) is 5.40. The largest absolute Gasteiger partial charge is 0.483 e. The van der Waals surface area contributed by atoms with Crippen LogP contribution in [0.25, 0.3) is 10.9 Å². The Hall–Kier alpha value is -2.75. The number of likely N-dealkylation sites (N-methyl/N-ethyl adjacent to an activating group) is 1. The Morgan fingerprint density at radius 1 is 1.43 bits per heavy atom. The predicted molar refractivity (Wildman–Crippen MR) is 96.5 cm³/mol. The number of H-pyrrole nitrogens is 1. The number of ether oxygens (including phenoxy) is 1. The van der Waals surface area contributed by atoms with Gasteiger partial charge in [-0.3, -0.25) is 14.7 Å². The molecule has 2 bridgehead atoms. The number of carbonyl (C=O) groups is 2. The van der Waals surface area contributed by atoms with Crippen molar-refractivity contribution in [1.29, 1.82) is 0 Å². The van der Waals surface area contributed by atoms with E-state index in [-0.39, 0.29) is 29.9 Å². The summed E-state index contributed by atoms with van der Waals surface area (Å²) < 4.78 is 29.3. The van der Waals surface area contributed by atoms with Crippen molar-refractivity contribution >= 4 is 23.3 Å². The van der Waals surface area contributed by atoms with E-state index < -0.39 is 6.61 Å². The molecule has 10 heteroatoms. The van der Waals surface area contributed by atoms with Gasteiger partial charge in [0.15, 0.2) is 5.69 Å². The molecular formula is C18H22F2N4O4. The Morgan fingerprint density at radius 2 is 2.11 bits per heavy atom. The van der Waals surface area contributed by atoms with Gasteiger partial charge in [0.2, 0.25) is 0 Å². The van der Waals surface area contributed by atoms with Crippen LogP contribution in [0.5, 0.6) is 5.75 Å². The highest BCUT2D eigenvalue weighted by molar-refractivity contribution is 6.05. The van der Waals surface area contributed by atoms with Gasteiger partial charge in [-0.1, -0.05) is 0 Å². The molecule has 2 N–H and O–H groups in total. The first-order valence-electron chi connectivity index (χ1n) is 8.95. The summed E-state index contributed by atoms with van der Waals surface area (Å²) >= 11 is 0. The van der Waals surface area contributed by atoms with Gasteiger partial charge in [-0.05, 0) is 50.0 Å². The van der Waals surface area contributed by atoms with E-state index in [0.29, 0.717) is 16.8 Å². The van der Waals surface area contributed by atoms with Crippen LogP contribution < -0.4 is 4.74 Å². The summed E-state index contributed by atoms with van der Waals surface area (Å²) in [7, 11) is 1.80. The zero-order chi connectivity index (χ0) is 20.3. The number of carbonyl (C=O) groups excluding carboxylic acids is 1. The second kappa shape index (κ2) is 8.51. The molecule has 5 rings (SSSR count). The summed E-state index contributed by atoms with van der Waals surface area (Å²) in [6, 6.07) is 4.62. The van der Waals surface area contributed by atoms with Crippen molar-refractivity contribution in [3.05, 3.63) is 23.9 Å². The molecule has 3 aliphatic rings. The van der Waals surface area contributed by atoms with Gasteiger partial charge in [0.25, 0.3) is 12.4 Å². The first-order valence-corrected chi connectivity index (χ1v) is 8.95. The summed E-state index contributed by atoms with van der Waals surface area (Å²) in [5.41, 5.74) is 0.862. The number of hydrogen-bond donors (Lipinski definition) is 2. The lowest BCUT2D eigenvalue weighted by molar-refractivity contribution is -0.122. The van der Waals surface area contributed by atoms with Crippen molar-refractivity contribution < 1.29 is 28.2 Å². The van der Waals surface area contributed by atoms with E-state index in [1.54, 1.807) is 18.0 Å². The molecule has 152 valence electrons. The quantitative estimate of drug-likeness (QED) is 0.768. The lowest BCUT2D eigenvalue weighted by Crippen LogP contribution is -2.57. The van der Waals surface area contributed by atoms with Gasteiger partial charge in [-0.15, -0.1) is 0 Å². The monoisotopic (exact) mass is 396 g/mol. The fourth-order valence-electron chi connectivity index (χ4n) is 4.02. The number of carboxylic acid groups (broad SMARTS) is 1. The van der Waals surface area contributed by atoms with Gasteiger partial charge >= 0.3 is 6.61 Å². The zero-order valence-corrected chi connectivity index (χ0v) is 15.3. The molecule has 28 heavy (non-hydrogen) atoms. The third-order valence-electron chi connectivity index (χ3n) is 5.40. The number of rotatable bonds is 4. The number of nitrogens with one attached hydrogen (secondary N) is 1. The van der Waals surface area contributed by atoms with E-state index in [2.05, 4.69) is 19.8 Å². The van der Waals surface area contributed by atoms with Crippen LogP contribution in [0.15, 0.2) is 18.2 Å². The number of aromatic nitrogens is 2. The Balaban J connectivity index is 0.000000706. The van der Waals surface area contributed by atoms with Crippen LogP contribution in [-0.2, 0) is 4.79 Å². The SMILES string of the molecule is CN(C(=O)c1n[nH]c2ccc(OC(F)F)cc12)C1CN2CCC1CC2.O=CO. The Kier molecular flexibility index (Phi) is 6.08. The number of amides is 1. The Morgan fingerprint density at radius 3 is 2.68 bits per heavy atom. The summed E-state index contributed by atoms with van der Waals surface area (Å²) in [6.45, 7) is -0.0706. The average Bonchev–Trinajstić information content (AvgIpc) is 3.11. The normalized spacial score (nSPS) is 23.2. The van der Waals surface area contributed by atoms with Crippen LogP contribution in [0, 0.1) is 5.92 Å². The summed E-state index contributed by atoms with van der Waals surface area (Å²) in [5.74, 6) is 0.338. The molecule has 3 fully saturated rings. The van der Waals surface area contributed by atoms with Crippen LogP contribution in [0.2, 0.25) is 0 Å². The predicted octanol–water partition coefficient (Wildman–Crippen LogP) is 2.03.